The average molecular weight is 317 g/mol. The summed E-state index contributed by atoms with van der Waals surface area (Å²) in [6.45, 7) is 2.77. The molecule has 0 amide bonds. The standard InChI is InChI=1S/C18H24FN3O/c1-21-10-17(20-13-21)11-22-7-6-15(18(12-22)23-2)8-14-4-3-5-16(19)9-14/h3-5,9-10,13,15,18H,6-8,11-12H2,1-2H3/t15-,18+/m1/s1. The molecule has 1 aromatic heterocycles. The smallest absolute Gasteiger partial charge is 0.123 e. The highest BCUT2D eigenvalue weighted by molar-refractivity contribution is 5.17. The van der Waals surface area contributed by atoms with Crippen molar-refractivity contribution < 1.29 is 9.13 Å². The van der Waals surface area contributed by atoms with Crippen LogP contribution in [0.4, 0.5) is 4.39 Å². The Morgan fingerprint density at radius 3 is 2.96 bits per heavy atom. The summed E-state index contributed by atoms with van der Waals surface area (Å²) in [5.74, 6) is 0.269. The van der Waals surface area contributed by atoms with Crippen LogP contribution in [0, 0.1) is 11.7 Å². The molecular formula is C18H24FN3O. The summed E-state index contributed by atoms with van der Waals surface area (Å²) < 4.78 is 21.0. The molecule has 124 valence electrons. The van der Waals surface area contributed by atoms with Crippen LogP contribution in [0.25, 0.3) is 0 Å². The van der Waals surface area contributed by atoms with E-state index in [1.54, 1.807) is 19.2 Å². The minimum Gasteiger partial charge on any atom is -0.380 e. The quantitative estimate of drug-likeness (QED) is 0.849. The zero-order valence-corrected chi connectivity index (χ0v) is 13.8. The topological polar surface area (TPSA) is 30.3 Å². The number of nitrogens with zero attached hydrogens (tertiary/aromatic N) is 3. The number of likely N-dealkylation sites (tertiary alicyclic amines) is 1. The van der Waals surface area contributed by atoms with Gasteiger partial charge in [-0.2, -0.15) is 0 Å². The van der Waals surface area contributed by atoms with Crippen LogP contribution in [0.1, 0.15) is 17.7 Å². The summed E-state index contributed by atoms with van der Waals surface area (Å²) in [4.78, 5) is 6.78. The normalized spacial score (nSPS) is 22.4. The van der Waals surface area contributed by atoms with Crippen LogP contribution in [0.15, 0.2) is 36.8 Å². The van der Waals surface area contributed by atoms with Crippen LogP contribution in [0.2, 0.25) is 0 Å². The van der Waals surface area contributed by atoms with Gasteiger partial charge >= 0.3 is 0 Å². The molecule has 2 heterocycles. The first kappa shape index (κ1) is 16.1. The van der Waals surface area contributed by atoms with Crippen LogP contribution >= 0.6 is 0 Å². The summed E-state index contributed by atoms with van der Waals surface area (Å²) in [5.41, 5.74) is 2.14. The van der Waals surface area contributed by atoms with Crippen molar-refractivity contribution in [3.8, 4) is 0 Å². The lowest BCUT2D eigenvalue weighted by Gasteiger charge is -2.37. The largest absolute Gasteiger partial charge is 0.380 e. The summed E-state index contributed by atoms with van der Waals surface area (Å²) >= 11 is 0. The number of aryl methyl sites for hydroxylation is 1. The summed E-state index contributed by atoms with van der Waals surface area (Å²) in [5, 5.41) is 0. The molecule has 1 saturated heterocycles. The maximum atomic E-state index is 13.4. The number of hydrogen-bond acceptors (Lipinski definition) is 3. The Bertz CT molecular complexity index is 643. The lowest BCUT2D eigenvalue weighted by molar-refractivity contribution is -0.0139. The molecule has 1 aliphatic heterocycles. The minimum atomic E-state index is -0.163. The van der Waals surface area contributed by atoms with Crippen molar-refractivity contribution in [1.82, 2.24) is 14.5 Å². The number of imidazole rings is 1. The molecule has 1 fully saturated rings. The fraction of sp³-hybridized carbons (Fsp3) is 0.500. The first-order chi connectivity index (χ1) is 11.1. The molecule has 0 radical (unpaired) electrons. The highest BCUT2D eigenvalue weighted by Crippen LogP contribution is 2.25. The van der Waals surface area contributed by atoms with Crippen molar-refractivity contribution in [3.05, 3.63) is 53.9 Å². The van der Waals surface area contributed by atoms with Crippen LogP contribution < -0.4 is 0 Å². The zero-order chi connectivity index (χ0) is 16.2. The third-order valence-electron chi connectivity index (χ3n) is 4.61. The van der Waals surface area contributed by atoms with E-state index in [9.17, 15) is 4.39 Å². The van der Waals surface area contributed by atoms with Gasteiger partial charge < -0.3 is 9.30 Å². The molecule has 0 unspecified atom stereocenters. The maximum Gasteiger partial charge on any atom is 0.123 e. The van der Waals surface area contributed by atoms with Crippen molar-refractivity contribution in [3.63, 3.8) is 0 Å². The second-order valence-electron chi connectivity index (χ2n) is 6.42. The van der Waals surface area contributed by atoms with E-state index in [4.69, 9.17) is 4.74 Å². The van der Waals surface area contributed by atoms with E-state index in [0.29, 0.717) is 5.92 Å². The van der Waals surface area contributed by atoms with Crippen LogP contribution in [-0.2, 0) is 24.8 Å². The van der Waals surface area contributed by atoms with E-state index in [1.807, 2.05) is 24.0 Å². The molecule has 0 aliphatic carbocycles. The van der Waals surface area contributed by atoms with E-state index >= 15 is 0 Å². The Morgan fingerprint density at radius 1 is 1.39 bits per heavy atom. The molecule has 2 atom stereocenters. The third-order valence-corrected chi connectivity index (χ3v) is 4.61. The highest BCUT2D eigenvalue weighted by atomic mass is 19.1. The van der Waals surface area contributed by atoms with Gasteiger partial charge in [0.25, 0.3) is 0 Å². The predicted molar refractivity (Wildman–Crippen MR) is 87.5 cm³/mol. The lowest BCUT2D eigenvalue weighted by Crippen LogP contribution is -2.45. The second-order valence-corrected chi connectivity index (χ2v) is 6.42. The molecule has 23 heavy (non-hydrogen) atoms. The van der Waals surface area contributed by atoms with Gasteiger partial charge in [-0.3, -0.25) is 4.90 Å². The minimum absolute atomic E-state index is 0.163. The highest BCUT2D eigenvalue weighted by Gasteiger charge is 2.29. The number of rotatable bonds is 5. The van der Waals surface area contributed by atoms with Gasteiger partial charge in [-0.05, 0) is 43.0 Å². The van der Waals surface area contributed by atoms with E-state index in [-0.39, 0.29) is 11.9 Å². The Morgan fingerprint density at radius 2 is 2.26 bits per heavy atom. The number of methoxy groups -OCH3 is 1. The van der Waals surface area contributed by atoms with Crippen LogP contribution in [0.3, 0.4) is 0 Å². The summed E-state index contributed by atoms with van der Waals surface area (Å²) in [6, 6.07) is 6.90. The molecule has 3 rings (SSSR count). The molecule has 0 bridgehead atoms. The van der Waals surface area contributed by atoms with Crippen molar-refractivity contribution in [2.45, 2.75) is 25.5 Å². The fourth-order valence-corrected chi connectivity index (χ4v) is 3.42. The van der Waals surface area contributed by atoms with E-state index in [0.717, 1.165) is 43.7 Å². The summed E-state index contributed by atoms with van der Waals surface area (Å²) in [6.07, 6.45) is 5.99. The van der Waals surface area contributed by atoms with Crippen molar-refractivity contribution in [2.75, 3.05) is 20.2 Å². The van der Waals surface area contributed by atoms with E-state index < -0.39 is 0 Å². The van der Waals surface area contributed by atoms with Crippen LogP contribution in [-0.4, -0.2) is 40.8 Å². The molecule has 0 saturated carbocycles. The van der Waals surface area contributed by atoms with E-state index in [2.05, 4.69) is 16.1 Å². The van der Waals surface area contributed by atoms with Gasteiger partial charge in [-0.15, -0.1) is 0 Å². The molecule has 2 aromatic rings. The van der Waals surface area contributed by atoms with Gasteiger partial charge in [-0.25, -0.2) is 9.37 Å². The SMILES string of the molecule is CO[C@H]1CN(Cc2cn(C)cn2)CC[C@@H]1Cc1cccc(F)c1. The van der Waals surface area contributed by atoms with Crippen LogP contribution in [0.5, 0.6) is 0 Å². The number of piperidine rings is 1. The van der Waals surface area contributed by atoms with Gasteiger partial charge in [0.2, 0.25) is 0 Å². The number of halogens is 1. The first-order valence-corrected chi connectivity index (χ1v) is 8.10. The Hall–Kier alpha value is -1.72. The van der Waals surface area contributed by atoms with Crippen molar-refractivity contribution in [2.24, 2.45) is 13.0 Å². The molecule has 0 spiro atoms. The number of benzene rings is 1. The van der Waals surface area contributed by atoms with Gasteiger partial charge in [0.05, 0.1) is 18.1 Å². The maximum absolute atomic E-state index is 13.4. The van der Waals surface area contributed by atoms with Crippen molar-refractivity contribution >= 4 is 0 Å². The van der Waals surface area contributed by atoms with Gasteiger partial charge in [0, 0.05) is 33.4 Å². The molecule has 1 aliphatic rings. The van der Waals surface area contributed by atoms with Gasteiger partial charge in [0.1, 0.15) is 5.82 Å². The Kier molecular flexibility index (Phi) is 5.08. The molecule has 1 aromatic carbocycles. The molecule has 5 heteroatoms. The number of aromatic nitrogens is 2. The van der Waals surface area contributed by atoms with E-state index in [1.165, 1.54) is 6.07 Å². The zero-order valence-electron chi connectivity index (χ0n) is 13.8. The average Bonchev–Trinajstić information content (AvgIpc) is 2.94. The second kappa shape index (κ2) is 7.23. The molecule has 4 nitrogen and oxygen atoms in total. The number of ether oxygens (including phenoxy) is 1. The van der Waals surface area contributed by atoms with Gasteiger partial charge in [0.15, 0.2) is 0 Å². The molecule has 0 N–H and O–H groups in total. The van der Waals surface area contributed by atoms with Crippen molar-refractivity contribution in [1.29, 1.82) is 0 Å². The molecular weight excluding hydrogens is 293 g/mol. The Labute approximate surface area is 136 Å². The Balaban J connectivity index is 1.60. The third kappa shape index (κ3) is 4.18. The van der Waals surface area contributed by atoms with Gasteiger partial charge in [-0.1, -0.05) is 12.1 Å². The summed E-state index contributed by atoms with van der Waals surface area (Å²) in [7, 11) is 3.76. The predicted octanol–water partition coefficient (Wildman–Crippen LogP) is 2.64. The number of hydrogen-bond donors (Lipinski definition) is 0. The lowest BCUT2D eigenvalue weighted by atomic mass is 9.87. The monoisotopic (exact) mass is 317 g/mol. The fourth-order valence-electron chi connectivity index (χ4n) is 3.42. The first-order valence-electron chi connectivity index (χ1n) is 8.10.